The lowest BCUT2D eigenvalue weighted by molar-refractivity contribution is 0.0927. The van der Waals surface area contributed by atoms with E-state index in [0.717, 1.165) is 42.8 Å². The highest BCUT2D eigenvalue weighted by atomic mass is 35.5. The number of hydrogen-bond acceptors (Lipinski definition) is 4. The number of aromatic nitrogens is 2. The van der Waals surface area contributed by atoms with Crippen LogP contribution < -0.4 is 4.74 Å². The van der Waals surface area contributed by atoms with Crippen LogP contribution in [0.15, 0.2) is 54.6 Å². The third-order valence-electron chi connectivity index (χ3n) is 5.53. The molecule has 0 saturated carbocycles. The first kappa shape index (κ1) is 25.3. The summed E-state index contributed by atoms with van der Waals surface area (Å²) in [6.07, 6.45) is 2.60. The number of aryl methyl sites for hydroxylation is 1. The summed E-state index contributed by atoms with van der Waals surface area (Å²) in [6, 6.07) is 17.4. The molecule has 33 heavy (non-hydrogen) atoms. The van der Waals surface area contributed by atoms with E-state index < -0.39 is 0 Å². The largest absolute Gasteiger partial charge is 0.439 e. The summed E-state index contributed by atoms with van der Waals surface area (Å²) in [6.45, 7) is 10.8. The first-order valence-corrected chi connectivity index (χ1v) is 12.2. The molecule has 1 atom stereocenters. The summed E-state index contributed by atoms with van der Waals surface area (Å²) in [5, 5.41) is 16.1. The van der Waals surface area contributed by atoms with Gasteiger partial charge in [-0.1, -0.05) is 63.4 Å². The Morgan fingerprint density at radius 2 is 1.76 bits per heavy atom. The topological polar surface area (TPSA) is 50.5 Å². The number of rotatable bonds is 12. The van der Waals surface area contributed by atoms with E-state index in [1.165, 1.54) is 0 Å². The molecule has 0 radical (unpaired) electrons. The van der Waals surface area contributed by atoms with Gasteiger partial charge in [-0.05, 0) is 55.7 Å². The highest BCUT2D eigenvalue weighted by molar-refractivity contribution is 6.30. The second kappa shape index (κ2) is 12.2. The van der Waals surface area contributed by atoms with Crippen LogP contribution in [-0.4, -0.2) is 39.0 Å². The van der Waals surface area contributed by atoms with E-state index in [-0.39, 0.29) is 6.10 Å². The van der Waals surface area contributed by atoms with E-state index in [1.807, 2.05) is 66.2 Å². The number of halogens is 1. The van der Waals surface area contributed by atoms with Gasteiger partial charge >= 0.3 is 0 Å². The summed E-state index contributed by atoms with van der Waals surface area (Å²) in [5.41, 5.74) is 2.88. The average Bonchev–Trinajstić information content (AvgIpc) is 3.09. The molecule has 1 N–H and O–H groups in total. The minimum Gasteiger partial charge on any atom is -0.439 e. The second-order valence-electron chi connectivity index (χ2n) is 9.06. The predicted molar refractivity (Wildman–Crippen MR) is 135 cm³/mol. The van der Waals surface area contributed by atoms with Gasteiger partial charge in [-0.15, -0.1) is 0 Å². The van der Waals surface area contributed by atoms with Crippen LogP contribution in [0.4, 0.5) is 0 Å². The summed E-state index contributed by atoms with van der Waals surface area (Å²) >= 11 is 6.08. The van der Waals surface area contributed by atoms with Crippen LogP contribution in [0.3, 0.4) is 0 Å². The molecule has 1 aromatic heterocycles. The number of para-hydroxylation sites is 1. The molecule has 3 aromatic rings. The molecule has 0 spiro atoms. The Balaban J connectivity index is 1.96. The zero-order chi connectivity index (χ0) is 23.8. The van der Waals surface area contributed by atoms with Crippen LogP contribution in [-0.2, 0) is 6.54 Å². The Morgan fingerprint density at radius 1 is 1.06 bits per heavy atom. The molecular weight excluding hydrogens is 434 g/mol. The van der Waals surface area contributed by atoms with Gasteiger partial charge in [0.05, 0.1) is 23.0 Å². The van der Waals surface area contributed by atoms with Crippen molar-refractivity contribution in [2.75, 3.05) is 13.1 Å². The number of aliphatic hydroxyl groups excluding tert-OH is 1. The molecule has 0 bridgehead atoms. The lowest BCUT2D eigenvalue weighted by Gasteiger charge is -2.27. The lowest BCUT2D eigenvalue weighted by Crippen LogP contribution is -2.35. The fourth-order valence-electron chi connectivity index (χ4n) is 3.96. The number of benzene rings is 2. The van der Waals surface area contributed by atoms with Gasteiger partial charge < -0.3 is 9.84 Å². The van der Waals surface area contributed by atoms with Crippen molar-refractivity contribution in [1.82, 2.24) is 14.7 Å². The third-order valence-corrected chi connectivity index (χ3v) is 5.78. The molecule has 0 aliphatic rings. The van der Waals surface area contributed by atoms with Crippen molar-refractivity contribution in [3.63, 3.8) is 0 Å². The molecule has 0 amide bonds. The molecule has 2 aromatic carbocycles. The van der Waals surface area contributed by atoms with E-state index in [2.05, 4.69) is 25.7 Å². The van der Waals surface area contributed by atoms with Crippen LogP contribution in [0.2, 0.25) is 5.02 Å². The van der Waals surface area contributed by atoms with Crippen molar-refractivity contribution in [2.45, 2.75) is 59.6 Å². The van der Waals surface area contributed by atoms with Crippen LogP contribution in [0.5, 0.6) is 11.6 Å². The SMILES string of the molecule is CCCC[C@H](O)CN(Cc1c(C)nn(-c2ccccc2)c1Oc1ccc(Cl)cc1)CC(C)C. The number of nitrogens with zero attached hydrogens (tertiary/aromatic N) is 3. The summed E-state index contributed by atoms with van der Waals surface area (Å²) in [5.74, 6) is 1.88. The maximum Gasteiger partial charge on any atom is 0.227 e. The van der Waals surface area contributed by atoms with Gasteiger partial charge in [0.1, 0.15) is 5.75 Å². The number of hydrogen-bond donors (Lipinski definition) is 1. The van der Waals surface area contributed by atoms with Crippen LogP contribution in [0.1, 0.15) is 51.3 Å². The summed E-state index contributed by atoms with van der Waals surface area (Å²) < 4.78 is 8.26. The lowest BCUT2D eigenvalue weighted by atomic mass is 10.1. The van der Waals surface area contributed by atoms with Crippen molar-refractivity contribution in [3.05, 3.63) is 70.9 Å². The molecule has 178 valence electrons. The Kier molecular flexibility index (Phi) is 9.36. The first-order valence-electron chi connectivity index (χ1n) is 11.8. The van der Waals surface area contributed by atoms with Crippen LogP contribution in [0.25, 0.3) is 5.69 Å². The van der Waals surface area contributed by atoms with E-state index in [1.54, 1.807) is 0 Å². The molecule has 0 saturated heterocycles. The fourth-order valence-corrected chi connectivity index (χ4v) is 4.08. The predicted octanol–water partition coefficient (Wildman–Crippen LogP) is 6.64. The van der Waals surface area contributed by atoms with Gasteiger partial charge in [-0.25, -0.2) is 4.68 Å². The van der Waals surface area contributed by atoms with E-state index in [0.29, 0.717) is 35.7 Å². The molecule has 6 heteroatoms. The van der Waals surface area contributed by atoms with Crippen molar-refractivity contribution in [3.8, 4) is 17.3 Å². The van der Waals surface area contributed by atoms with Gasteiger partial charge in [0.25, 0.3) is 0 Å². The first-order chi connectivity index (χ1) is 15.9. The Hall–Kier alpha value is -2.34. The van der Waals surface area contributed by atoms with Crippen molar-refractivity contribution in [2.24, 2.45) is 5.92 Å². The monoisotopic (exact) mass is 469 g/mol. The molecular formula is C27H36ClN3O2. The Bertz CT molecular complexity index is 987. The number of aliphatic hydroxyl groups is 1. The van der Waals surface area contributed by atoms with Crippen LogP contribution >= 0.6 is 11.6 Å². The van der Waals surface area contributed by atoms with E-state index in [4.69, 9.17) is 21.4 Å². The molecule has 0 fully saturated rings. The minimum absolute atomic E-state index is 0.339. The van der Waals surface area contributed by atoms with Gasteiger partial charge in [-0.3, -0.25) is 4.90 Å². The van der Waals surface area contributed by atoms with E-state index >= 15 is 0 Å². The molecule has 5 nitrogen and oxygen atoms in total. The highest BCUT2D eigenvalue weighted by Crippen LogP contribution is 2.32. The van der Waals surface area contributed by atoms with Crippen molar-refractivity contribution < 1.29 is 9.84 Å². The quantitative estimate of drug-likeness (QED) is 0.323. The summed E-state index contributed by atoms with van der Waals surface area (Å²) in [4.78, 5) is 2.32. The third kappa shape index (κ3) is 7.32. The molecule has 1 heterocycles. The normalized spacial score (nSPS) is 12.5. The zero-order valence-electron chi connectivity index (χ0n) is 20.2. The van der Waals surface area contributed by atoms with Crippen molar-refractivity contribution >= 4 is 11.6 Å². The number of ether oxygens (including phenoxy) is 1. The van der Waals surface area contributed by atoms with Gasteiger partial charge in [0.2, 0.25) is 5.88 Å². The molecule has 0 aliphatic carbocycles. The smallest absolute Gasteiger partial charge is 0.227 e. The van der Waals surface area contributed by atoms with Gasteiger partial charge in [0.15, 0.2) is 0 Å². The average molecular weight is 470 g/mol. The maximum atomic E-state index is 10.6. The maximum absolute atomic E-state index is 10.6. The minimum atomic E-state index is -0.339. The van der Waals surface area contributed by atoms with Gasteiger partial charge in [0, 0.05) is 24.7 Å². The Morgan fingerprint density at radius 3 is 2.39 bits per heavy atom. The standard InChI is InChI=1S/C27H36ClN3O2/c1-5-6-12-24(32)18-30(17-20(2)3)19-26-21(4)29-31(23-10-8-7-9-11-23)27(26)33-25-15-13-22(28)14-16-25/h7-11,13-16,20,24,32H,5-6,12,17-19H2,1-4H3/t24-/m0/s1. The Labute approximate surface area is 203 Å². The molecule has 0 aliphatic heterocycles. The zero-order valence-corrected chi connectivity index (χ0v) is 20.9. The highest BCUT2D eigenvalue weighted by Gasteiger charge is 2.23. The van der Waals surface area contributed by atoms with Gasteiger partial charge in [-0.2, -0.15) is 5.10 Å². The fraction of sp³-hybridized carbons (Fsp3) is 0.444. The van der Waals surface area contributed by atoms with Crippen molar-refractivity contribution in [1.29, 1.82) is 0 Å². The van der Waals surface area contributed by atoms with Crippen LogP contribution in [0, 0.1) is 12.8 Å². The second-order valence-corrected chi connectivity index (χ2v) is 9.49. The van der Waals surface area contributed by atoms with E-state index in [9.17, 15) is 5.11 Å². The molecule has 0 unspecified atom stereocenters. The summed E-state index contributed by atoms with van der Waals surface area (Å²) in [7, 11) is 0. The number of unbranched alkanes of at least 4 members (excludes halogenated alkanes) is 1. The molecule has 3 rings (SSSR count).